The molecule has 0 saturated heterocycles. The third-order valence-electron chi connectivity index (χ3n) is 4.16. The Morgan fingerprint density at radius 1 is 1.04 bits per heavy atom. The number of aryl methyl sites for hydroxylation is 1. The van der Waals surface area contributed by atoms with E-state index >= 15 is 0 Å². The number of rotatable bonds is 4. The summed E-state index contributed by atoms with van der Waals surface area (Å²) in [4.78, 5) is 12.8. The molecule has 0 aliphatic heterocycles. The molecule has 0 radical (unpaired) electrons. The highest BCUT2D eigenvalue weighted by Crippen LogP contribution is 2.23. The first kappa shape index (κ1) is 17.9. The van der Waals surface area contributed by atoms with Crippen LogP contribution >= 0.6 is 0 Å². The van der Waals surface area contributed by atoms with E-state index in [1.54, 1.807) is 16.8 Å². The number of esters is 1. The van der Waals surface area contributed by atoms with Gasteiger partial charge in [0.05, 0.1) is 12.2 Å². The summed E-state index contributed by atoms with van der Waals surface area (Å²) in [6, 6.07) is 19.3. The molecule has 0 fully saturated rings. The third kappa shape index (κ3) is 4.20. The molecule has 4 nitrogen and oxygen atoms in total. The highest BCUT2D eigenvalue weighted by Gasteiger charge is 2.24. The van der Waals surface area contributed by atoms with E-state index in [0.29, 0.717) is 18.0 Å². The molecule has 3 aromatic rings. The van der Waals surface area contributed by atoms with Crippen LogP contribution < -0.4 is 4.74 Å². The van der Waals surface area contributed by atoms with E-state index in [9.17, 15) is 4.79 Å². The Hall–Kier alpha value is -2.88. The molecular formula is C22H24N2O2. The maximum Gasteiger partial charge on any atom is 0.362 e. The van der Waals surface area contributed by atoms with Crippen LogP contribution in [0, 0.1) is 6.92 Å². The Labute approximate surface area is 154 Å². The maximum atomic E-state index is 12.8. The van der Waals surface area contributed by atoms with Crippen molar-refractivity contribution < 1.29 is 9.53 Å². The Morgan fingerprint density at radius 3 is 2.31 bits per heavy atom. The molecule has 0 N–H and O–H groups in total. The summed E-state index contributed by atoms with van der Waals surface area (Å²) in [5, 5.41) is 4.67. The number of carbonyl (C=O) groups is 1. The molecule has 0 aliphatic carbocycles. The summed E-state index contributed by atoms with van der Waals surface area (Å²) >= 11 is 0. The van der Waals surface area contributed by atoms with Crippen molar-refractivity contribution in [3.8, 4) is 5.75 Å². The molecule has 0 saturated carbocycles. The molecule has 0 unspecified atom stereocenters. The van der Waals surface area contributed by atoms with E-state index in [1.165, 1.54) is 0 Å². The lowest BCUT2D eigenvalue weighted by atomic mass is 9.92. The minimum absolute atomic E-state index is 0.152. The smallest absolute Gasteiger partial charge is 0.362 e. The van der Waals surface area contributed by atoms with Gasteiger partial charge in [0.1, 0.15) is 11.4 Å². The molecule has 2 aromatic carbocycles. The Bertz CT molecular complexity index is 888. The summed E-state index contributed by atoms with van der Waals surface area (Å²) in [5.41, 5.74) is 3.37. The van der Waals surface area contributed by atoms with Crippen LogP contribution in [0.15, 0.2) is 60.7 Å². The SMILES string of the molecule is Cc1ccc(OC(=O)c2cc(C(C)(C)C)nn2Cc2ccccc2)cc1. The van der Waals surface area contributed by atoms with Gasteiger partial charge in [-0.05, 0) is 30.7 Å². The molecule has 0 amide bonds. The number of hydrogen-bond acceptors (Lipinski definition) is 3. The minimum Gasteiger partial charge on any atom is -0.422 e. The van der Waals surface area contributed by atoms with Crippen LogP contribution in [0.2, 0.25) is 0 Å². The van der Waals surface area contributed by atoms with Crippen molar-refractivity contribution in [2.75, 3.05) is 0 Å². The van der Waals surface area contributed by atoms with Gasteiger partial charge in [-0.2, -0.15) is 5.10 Å². The van der Waals surface area contributed by atoms with E-state index in [-0.39, 0.29) is 5.41 Å². The van der Waals surface area contributed by atoms with Gasteiger partial charge in [0.2, 0.25) is 0 Å². The Kier molecular flexibility index (Phi) is 4.94. The molecule has 1 aromatic heterocycles. The lowest BCUT2D eigenvalue weighted by Crippen LogP contribution is -2.16. The van der Waals surface area contributed by atoms with Crippen LogP contribution in [0.25, 0.3) is 0 Å². The average molecular weight is 348 g/mol. The molecule has 0 aliphatic rings. The number of nitrogens with zero attached hydrogens (tertiary/aromatic N) is 2. The van der Waals surface area contributed by atoms with Crippen LogP contribution in [0.5, 0.6) is 5.75 Å². The molecule has 26 heavy (non-hydrogen) atoms. The molecular weight excluding hydrogens is 324 g/mol. The average Bonchev–Trinajstić information content (AvgIpc) is 3.02. The number of ether oxygens (including phenoxy) is 1. The first-order valence-corrected chi connectivity index (χ1v) is 8.74. The second kappa shape index (κ2) is 7.16. The third-order valence-corrected chi connectivity index (χ3v) is 4.16. The van der Waals surface area contributed by atoms with Crippen LogP contribution in [-0.4, -0.2) is 15.7 Å². The van der Waals surface area contributed by atoms with Crippen molar-refractivity contribution in [2.24, 2.45) is 0 Å². The fourth-order valence-corrected chi connectivity index (χ4v) is 2.59. The lowest BCUT2D eigenvalue weighted by molar-refractivity contribution is 0.0722. The fourth-order valence-electron chi connectivity index (χ4n) is 2.59. The van der Waals surface area contributed by atoms with Gasteiger partial charge in [0, 0.05) is 5.41 Å². The molecule has 3 rings (SSSR count). The molecule has 0 atom stereocenters. The van der Waals surface area contributed by atoms with Crippen LogP contribution in [0.3, 0.4) is 0 Å². The van der Waals surface area contributed by atoms with Crippen molar-refractivity contribution in [3.05, 3.63) is 83.2 Å². The molecule has 1 heterocycles. The molecule has 4 heteroatoms. The summed E-state index contributed by atoms with van der Waals surface area (Å²) in [6.45, 7) is 8.76. The van der Waals surface area contributed by atoms with E-state index in [4.69, 9.17) is 4.74 Å². The predicted octanol–water partition coefficient (Wildman–Crippen LogP) is 4.76. The second-order valence-electron chi connectivity index (χ2n) is 7.51. The summed E-state index contributed by atoms with van der Waals surface area (Å²) in [6.07, 6.45) is 0. The fraction of sp³-hybridized carbons (Fsp3) is 0.273. The first-order chi connectivity index (χ1) is 12.3. The van der Waals surface area contributed by atoms with Crippen molar-refractivity contribution in [1.82, 2.24) is 9.78 Å². The number of carbonyl (C=O) groups excluding carboxylic acids is 1. The van der Waals surface area contributed by atoms with E-state index < -0.39 is 5.97 Å². The van der Waals surface area contributed by atoms with Gasteiger partial charge < -0.3 is 4.74 Å². The zero-order valence-corrected chi connectivity index (χ0v) is 15.7. The largest absolute Gasteiger partial charge is 0.422 e. The van der Waals surface area contributed by atoms with Gasteiger partial charge >= 0.3 is 5.97 Å². The first-order valence-electron chi connectivity index (χ1n) is 8.74. The molecule has 0 spiro atoms. The summed E-state index contributed by atoms with van der Waals surface area (Å²) < 4.78 is 7.29. The van der Waals surface area contributed by atoms with Crippen molar-refractivity contribution in [2.45, 2.75) is 39.7 Å². The van der Waals surface area contributed by atoms with Crippen molar-refractivity contribution >= 4 is 5.97 Å². The number of hydrogen-bond donors (Lipinski definition) is 0. The zero-order valence-electron chi connectivity index (χ0n) is 15.7. The van der Waals surface area contributed by atoms with Crippen LogP contribution in [-0.2, 0) is 12.0 Å². The van der Waals surface area contributed by atoms with E-state index in [2.05, 4.69) is 25.9 Å². The number of aromatic nitrogens is 2. The predicted molar refractivity (Wildman–Crippen MR) is 103 cm³/mol. The highest BCUT2D eigenvalue weighted by molar-refractivity contribution is 5.89. The van der Waals surface area contributed by atoms with Gasteiger partial charge in [-0.15, -0.1) is 0 Å². The summed E-state index contributed by atoms with van der Waals surface area (Å²) in [5.74, 6) is 0.137. The maximum absolute atomic E-state index is 12.8. The van der Waals surface area contributed by atoms with Gasteiger partial charge in [-0.3, -0.25) is 4.68 Å². The van der Waals surface area contributed by atoms with Gasteiger partial charge in [-0.1, -0.05) is 68.8 Å². The van der Waals surface area contributed by atoms with E-state index in [1.807, 2.05) is 55.5 Å². The topological polar surface area (TPSA) is 44.1 Å². The minimum atomic E-state index is -0.396. The van der Waals surface area contributed by atoms with E-state index in [0.717, 1.165) is 16.8 Å². The summed E-state index contributed by atoms with van der Waals surface area (Å²) in [7, 11) is 0. The number of benzene rings is 2. The molecule has 134 valence electrons. The van der Waals surface area contributed by atoms with Crippen molar-refractivity contribution in [3.63, 3.8) is 0 Å². The van der Waals surface area contributed by atoms with Crippen LogP contribution in [0.4, 0.5) is 0 Å². The standard InChI is InChI=1S/C22H24N2O2/c1-16-10-12-18(13-11-16)26-21(25)19-14-20(22(2,3)4)23-24(19)15-17-8-6-5-7-9-17/h5-14H,15H2,1-4H3. The Balaban J connectivity index is 1.91. The van der Waals surface area contributed by atoms with Gasteiger partial charge in [0.15, 0.2) is 0 Å². The normalized spacial score (nSPS) is 11.4. The van der Waals surface area contributed by atoms with Crippen molar-refractivity contribution in [1.29, 1.82) is 0 Å². The van der Waals surface area contributed by atoms with Crippen LogP contribution in [0.1, 0.15) is 48.1 Å². The zero-order chi connectivity index (χ0) is 18.7. The second-order valence-corrected chi connectivity index (χ2v) is 7.51. The van der Waals surface area contributed by atoms with Gasteiger partial charge in [-0.25, -0.2) is 4.79 Å². The quantitative estimate of drug-likeness (QED) is 0.504. The lowest BCUT2D eigenvalue weighted by Gasteiger charge is -2.14. The Morgan fingerprint density at radius 2 is 1.69 bits per heavy atom. The molecule has 0 bridgehead atoms. The van der Waals surface area contributed by atoms with Gasteiger partial charge in [0.25, 0.3) is 0 Å². The monoisotopic (exact) mass is 348 g/mol. The highest BCUT2D eigenvalue weighted by atomic mass is 16.5.